The number of nitrogens with zero attached hydrogens (tertiary/aromatic N) is 4. The number of likely N-dealkylation sites (N-methyl/N-ethyl adjacent to an activating group) is 1. The number of likely N-dealkylation sites (tertiary alicyclic amines) is 1. The summed E-state index contributed by atoms with van der Waals surface area (Å²) in [5, 5.41) is 13.1. The van der Waals surface area contributed by atoms with Gasteiger partial charge in [0, 0.05) is 28.8 Å². The number of ether oxygens (including phenoxy) is 1. The quantitative estimate of drug-likeness (QED) is 0.358. The number of halogens is 2. The smallest absolute Gasteiger partial charge is 0.410 e. The molecule has 3 aliphatic heterocycles. The Morgan fingerprint density at radius 2 is 1.68 bits per heavy atom. The van der Waals surface area contributed by atoms with Gasteiger partial charge in [-0.1, -0.05) is 61.3 Å². The minimum Gasteiger partial charge on any atom is -0.444 e. The highest BCUT2D eigenvalue weighted by atomic mass is 35.5. The SMILES string of the molecule is CCN(C(=O)C1=C(C(C)C)N2C(=N[C@@](C)(c3ccc(Cl)cc3)[C@H]2c2ccc(Cl)cc2)S1)C1CN(C(=O)OC(C)(C)C)C[C@H]1O. The van der Waals surface area contributed by atoms with Gasteiger partial charge in [0.15, 0.2) is 5.17 Å². The van der Waals surface area contributed by atoms with E-state index in [0.717, 1.165) is 22.0 Å². The number of hydrogen-bond acceptors (Lipinski definition) is 7. The number of aliphatic hydroxyl groups excluding tert-OH is 1. The van der Waals surface area contributed by atoms with Crippen molar-refractivity contribution in [3.8, 4) is 0 Å². The summed E-state index contributed by atoms with van der Waals surface area (Å²) < 4.78 is 5.54. The molecule has 1 fully saturated rings. The molecule has 2 amide bonds. The number of amidine groups is 1. The van der Waals surface area contributed by atoms with Gasteiger partial charge in [-0.05, 0) is 87.7 Å². The molecule has 0 aliphatic carbocycles. The van der Waals surface area contributed by atoms with E-state index in [1.165, 1.54) is 16.7 Å². The normalized spacial score (nSPS) is 25.1. The van der Waals surface area contributed by atoms with E-state index in [1.807, 2.05) is 55.5 Å². The fourth-order valence-electron chi connectivity index (χ4n) is 6.28. The average Bonchev–Trinajstić information content (AvgIpc) is 3.59. The predicted molar refractivity (Wildman–Crippen MR) is 177 cm³/mol. The highest BCUT2D eigenvalue weighted by Gasteiger charge is 2.54. The molecule has 1 N–H and O–H groups in total. The van der Waals surface area contributed by atoms with Crippen molar-refractivity contribution in [3.05, 3.63) is 80.3 Å². The number of fused-ring (bicyclic) bond motifs is 1. The molecule has 236 valence electrons. The van der Waals surface area contributed by atoms with Gasteiger partial charge >= 0.3 is 6.09 Å². The molecular weight excluding hydrogens is 619 g/mol. The highest BCUT2D eigenvalue weighted by Crippen LogP contribution is 2.56. The second-order valence-corrected chi connectivity index (χ2v) is 14.8. The van der Waals surface area contributed by atoms with Gasteiger partial charge in [0.1, 0.15) is 16.0 Å². The van der Waals surface area contributed by atoms with Crippen molar-refractivity contribution in [2.45, 2.75) is 77.8 Å². The molecule has 11 heteroatoms. The summed E-state index contributed by atoms with van der Waals surface area (Å²) in [6, 6.07) is 14.7. The van der Waals surface area contributed by atoms with E-state index < -0.39 is 29.4 Å². The number of rotatable bonds is 6. The first-order chi connectivity index (χ1) is 20.6. The van der Waals surface area contributed by atoms with Crippen molar-refractivity contribution in [1.82, 2.24) is 14.7 Å². The molecule has 1 unspecified atom stereocenters. The van der Waals surface area contributed by atoms with Gasteiger partial charge in [0.25, 0.3) is 5.91 Å². The Morgan fingerprint density at radius 3 is 2.23 bits per heavy atom. The van der Waals surface area contributed by atoms with Gasteiger partial charge in [-0.3, -0.25) is 4.79 Å². The number of thioether (sulfide) groups is 1. The Balaban J connectivity index is 1.52. The molecule has 2 aromatic rings. The summed E-state index contributed by atoms with van der Waals surface area (Å²) >= 11 is 13.9. The van der Waals surface area contributed by atoms with E-state index >= 15 is 0 Å². The lowest BCUT2D eigenvalue weighted by Crippen LogP contribution is -2.47. The zero-order chi connectivity index (χ0) is 32.1. The molecule has 44 heavy (non-hydrogen) atoms. The lowest BCUT2D eigenvalue weighted by atomic mass is 9.81. The first-order valence-electron chi connectivity index (χ1n) is 14.9. The first kappa shape index (κ1) is 32.7. The zero-order valence-electron chi connectivity index (χ0n) is 26.2. The minimum atomic E-state index is -0.895. The number of β-amino-alcohol motifs (C(OH)–C–C–N with tert-alkyl or cyclic N) is 1. The maximum atomic E-state index is 14.4. The number of aliphatic hydroxyl groups is 1. The van der Waals surface area contributed by atoms with Crippen molar-refractivity contribution in [2.24, 2.45) is 10.9 Å². The van der Waals surface area contributed by atoms with Crippen LogP contribution >= 0.6 is 35.0 Å². The maximum absolute atomic E-state index is 14.4. The number of amides is 2. The summed E-state index contributed by atoms with van der Waals surface area (Å²) in [4.78, 5) is 38.4. The van der Waals surface area contributed by atoms with Crippen LogP contribution in [0.1, 0.15) is 65.6 Å². The Hall–Kier alpha value is -2.72. The lowest BCUT2D eigenvalue weighted by Gasteiger charge is -2.37. The fraction of sp³-hybridized carbons (Fsp3) is 0.485. The van der Waals surface area contributed by atoms with Crippen molar-refractivity contribution in [1.29, 1.82) is 0 Å². The van der Waals surface area contributed by atoms with E-state index in [0.29, 0.717) is 21.5 Å². The van der Waals surface area contributed by atoms with Gasteiger partial charge < -0.3 is 24.5 Å². The summed E-state index contributed by atoms with van der Waals surface area (Å²) in [6.45, 7) is 14.2. The second-order valence-electron chi connectivity index (χ2n) is 13.0. The second kappa shape index (κ2) is 12.2. The largest absolute Gasteiger partial charge is 0.444 e. The summed E-state index contributed by atoms with van der Waals surface area (Å²) in [7, 11) is 0. The van der Waals surface area contributed by atoms with E-state index in [9.17, 15) is 14.7 Å². The van der Waals surface area contributed by atoms with E-state index in [-0.39, 0.29) is 31.0 Å². The van der Waals surface area contributed by atoms with Crippen molar-refractivity contribution < 1.29 is 19.4 Å². The molecule has 0 saturated carbocycles. The van der Waals surface area contributed by atoms with Crippen LogP contribution in [-0.4, -0.2) is 74.4 Å². The first-order valence-corrected chi connectivity index (χ1v) is 16.5. The van der Waals surface area contributed by atoms with Crippen LogP contribution in [0.15, 0.2) is 64.1 Å². The molecule has 0 bridgehead atoms. The van der Waals surface area contributed by atoms with Crippen LogP contribution in [0.4, 0.5) is 4.79 Å². The van der Waals surface area contributed by atoms with Gasteiger partial charge in [-0.15, -0.1) is 0 Å². The zero-order valence-corrected chi connectivity index (χ0v) is 28.5. The van der Waals surface area contributed by atoms with Crippen LogP contribution < -0.4 is 0 Å². The number of carbonyl (C=O) groups is 2. The van der Waals surface area contributed by atoms with Crippen molar-refractivity contribution in [2.75, 3.05) is 19.6 Å². The Bertz CT molecular complexity index is 1490. The minimum absolute atomic E-state index is 0.0120. The van der Waals surface area contributed by atoms with Crippen LogP contribution in [0.25, 0.3) is 0 Å². The number of carbonyl (C=O) groups excluding carboxylic acids is 2. The lowest BCUT2D eigenvalue weighted by molar-refractivity contribution is -0.130. The van der Waals surface area contributed by atoms with Crippen LogP contribution in [0.2, 0.25) is 10.0 Å². The monoisotopic (exact) mass is 658 g/mol. The van der Waals surface area contributed by atoms with Crippen LogP contribution in [-0.2, 0) is 15.1 Å². The molecule has 3 heterocycles. The van der Waals surface area contributed by atoms with Crippen LogP contribution in [0.3, 0.4) is 0 Å². The third kappa shape index (κ3) is 6.08. The molecule has 0 radical (unpaired) electrons. The molecule has 1 saturated heterocycles. The summed E-state index contributed by atoms with van der Waals surface area (Å²) in [5.41, 5.74) is 1.57. The number of allylic oxidation sites excluding steroid dienone is 1. The molecule has 5 rings (SSSR count). The van der Waals surface area contributed by atoms with Crippen molar-refractivity contribution in [3.63, 3.8) is 0 Å². The molecule has 0 spiro atoms. The maximum Gasteiger partial charge on any atom is 0.410 e. The molecule has 3 aliphatic rings. The molecule has 2 aromatic carbocycles. The van der Waals surface area contributed by atoms with Gasteiger partial charge in [-0.25, -0.2) is 9.79 Å². The predicted octanol–water partition coefficient (Wildman–Crippen LogP) is 7.06. The topological polar surface area (TPSA) is 85.7 Å². The van der Waals surface area contributed by atoms with Crippen LogP contribution in [0, 0.1) is 5.92 Å². The third-order valence-electron chi connectivity index (χ3n) is 8.28. The van der Waals surface area contributed by atoms with Crippen LogP contribution in [0.5, 0.6) is 0 Å². The standard InChI is InChI=1S/C33H40Cl2N4O4S/c1-8-38(24-17-37(18-25(24)40)31(42)43-32(4,5)6)29(41)27-26(19(2)3)39-28(20-9-13-22(34)14-10-20)33(7,36-30(39)44-27)21-11-15-23(35)16-12-21/h9-16,19,24-25,28,40H,8,17-18H2,1-7H3/t24?,25-,28-,33+/m1/s1. The average molecular weight is 660 g/mol. The number of benzene rings is 2. The molecule has 8 nitrogen and oxygen atoms in total. The van der Waals surface area contributed by atoms with Gasteiger partial charge in [0.05, 0.1) is 24.7 Å². The number of hydrogen-bond donors (Lipinski definition) is 1. The highest BCUT2D eigenvalue weighted by molar-refractivity contribution is 8.18. The summed E-state index contributed by atoms with van der Waals surface area (Å²) in [6.07, 6.45) is -1.39. The molecular formula is C33H40Cl2N4O4S. The van der Waals surface area contributed by atoms with Gasteiger partial charge in [0.2, 0.25) is 0 Å². The Morgan fingerprint density at radius 1 is 1.09 bits per heavy atom. The Kier molecular flexibility index (Phi) is 9.08. The van der Waals surface area contributed by atoms with E-state index in [2.05, 4.69) is 25.7 Å². The van der Waals surface area contributed by atoms with E-state index in [4.69, 9.17) is 32.9 Å². The Labute approximate surface area is 274 Å². The molecule has 4 atom stereocenters. The van der Waals surface area contributed by atoms with Crippen molar-refractivity contribution >= 4 is 52.1 Å². The van der Waals surface area contributed by atoms with Gasteiger partial charge in [-0.2, -0.15) is 0 Å². The number of aliphatic imine (C=N–C) groups is 1. The van der Waals surface area contributed by atoms with E-state index in [1.54, 1.807) is 25.7 Å². The molecule has 0 aromatic heterocycles. The third-order valence-corrected chi connectivity index (χ3v) is 9.84. The summed E-state index contributed by atoms with van der Waals surface area (Å²) in [5.74, 6) is -0.196. The fourth-order valence-corrected chi connectivity index (χ4v) is 7.89.